The summed E-state index contributed by atoms with van der Waals surface area (Å²) < 4.78 is 0. The van der Waals surface area contributed by atoms with Crippen molar-refractivity contribution >= 4 is 5.91 Å². The van der Waals surface area contributed by atoms with Crippen molar-refractivity contribution < 1.29 is 9.90 Å². The number of carbonyl (C=O) groups is 1. The zero-order valence-electron chi connectivity index (χ0n) is 12.8. The van der Waals surface area contributed by atoms with E-state index in [-0.39, 0.29) is 12.5 Å². The zero-order chi connectivity index (χ0) is 15.0. The highest BCUT2D eigenvalue weighted by Gasteiger charge is 2.40. The first-order chi connectivity index (χ1) is 9.63. The molecule has 0 unspecified atom stereocenters. The van der Waals surface area contributed by atoms with Crippen LogP contribution in [0.3, 0.4) is 0 Å². The second-order valence-electron chi connectivity index (χ2n) is 5.55. The van der Waals surface area contributed by atoms with Crippen molar-refractivity contribution in [1.29, 1.82) is 5.26 Å². The van der Waals surface area contributed by atoms with Gasteiger partial charge >= 0.3 is 0 Å². The Morgan fingerprint density at radius 3 is 2.15 bits per heavy atom. The second-order valence-corrected chi connectivity index (χ2v) is 5.55. The number of aliphatic hydroxyl groups excluding tert-OH is 1. The number of piperazine rings is 1. The molecule has 0 aliphatic carbocycles. The van der Waals surface area contributed by atoms with E-state index in [9.17, 15) is 10.1 Å². The lowest BCUT2D eigenvalue weighted by Crippen LogP contribution is -2.53. The Hall–Kier alpha value is -1.12. The summed E-state index contributed by atoms with van der Waals surface area (Å²) in [6.45, 7) is 7.75. The van der Waals surface area contributed by atoms with E-state index < -0.39 is 5.41 Å². The van der Waals surface area contributed by atoms with Crippen LogP contribution in [0.15, 0.2) is 0 Å². The molecule has 0 aromatic carbocycles. The van der Waals surface area contributed by atoms with Gasteiger partial charge in [0, 0.05) is 32.7 Å². The Morgan fingerprint density at radius 1 is 1.20 bits per heavy atom. The number of hydrogen-bond donors (Lipinski definition) is 1. The molecule has 1 aliphatic heterocycles. The summed E-state index contributed by atoms with van der Waals surface area (Å²) in [5.74, 6) is 0.00680. The van der Waals surface area contributed by atoms with Gasteiger partial charge in [-0.05, 0) is 12.8 Å². The van der Waals surface area contributed by atoms with Crippen LogP contribution in [-0.2, 0) is 4.79 Å². The lowest BCUT2D eigenvalue weighted by molar-refractivity contribution is -0.141. The third-order valence-corrected chi connectivity index (χ3v) is 4.05. The Kier molecular flexibility index (Phi) is 6.97. The molecule has 0 atom stereocenters. The third kappa shape index (κ3) is 3.94. The van der Waals surface area contributed by atoms with Crippen molar-refractivity contribution in [3.05, 3.63) is 0 Å². The lowest BCUT2D eigenvalue weighted by Gasteiger charge is -2.38. The van der Waals surface area contributed by atoms with Gasteiger partial charge in [-0.1, -0.05) is 26.7 Å². The van der Waals surface area contributed by atoms with Crippen LogP contribution in [-0.4, -0.2) is 60.1 Å². The fraction of sp³-hybridized carbons (Fsp3) is 0.867. The first-order valence-corrected chi connectivity index (χ1v) is 7.67. The molecule has 1 N–H and O–H groups in total. The molecule has 114 valence electrons. The van der Waals surface area contributed by atoms with Crippen molar-refractivity contribution in [2.75, 3.05) is 39.3 Å². The van der Waals surface area contributed by atoms with Crippen molar-refractivity contribution in [2.24, 2.45) is 5.41 Å². The van der Waals surface area contributed by atoms with E-state index >= 15 is 0 Å². The molecule has 0 aromatic rings. The van der Waals surface area contributed by atoms with Gasteiger partial charge in [-0.3, -0.25) is 9.69 Å². The first-order valence-electron chi connectivity index (χ1n) is 7.67. The molecule has 0 aromatic heterocycles. The summed E-state index contributed by atoms with van der Waals surface area (Å²) >= 11 is 0. The number of aliphatic hydroxyl groups is 1. The third-order valence-electron chi connectivity index (χ3n) is 4.05. The molecule has 1 aliphatic rings. The molecule has 0 saturated carbocycles. The quantitative estimate of drug-likeness (QED) is 0.762. The number of carbonyl (C=O) groups excluding carboxylic acids is 1. The van der Waals surface area contributed by atoms with E-state index in [2.05, 4.69) is 11.0 Å². The van der Waals surface area contributed by atoms with Gasteiger partial charge in [0.1, 0.15) is 5.41 Å². The minimum atomic E-state index is -0.831. The summed E-state index contributed by atoms with van der Waals surface area (Å²) in [7, 11) is 0. The molecule has 0 spiro atoms. The molecule has 20 heavy (non-hydrogen) atoms. The number of rotatable bonds is 7. The highest BCUT2D eigenvalue weighted by Crippen LogP contribution is 2.32. The van der Waals surface area contributed by atoms with E-state index in [1.54, 1.807) is 0 Å². The maximum Gasteiger partial charge on any atom is 0.243 e. The van der Waals surface area contributed by atoms with Gasteiger partial charge in [0.25, 0.3) is 0 Å². The maximum absolute atomic E-state index is 12.7. The van der Waals surface area contributed by atoms with E-state index in [1.807, 2.05) is 18.7 Å². The number of amides is 1. The van der Waals surface area contributed by atoms with Crippen LogP contribution >= 0.6 is 0 Å². The Balaban J connectivity index is 2.69. The average molecular weight is 281 g/mol. The van der Waals surface area contributed by atoms with E-state index in [0.29, 0.717) is 32.5 Å². The summed E-state index contributed by atoms with van der Waals surface area (Å²) in [4.78, 5) is 16.7. The van der Waals surface area contributed by atoms with Gasteiger partial charge < -0.3 is 10.0 Å². The molecule has 5 heteroatoms. The van der Waals surface area contributed by atoms with Gasteiger partial charge in [0.15, 0.2) is 0 Å². The van der Waals surface area contributed by atoms with Crippen LogP contribution < -0.4 is 0 Å². The highest BCUT2D eigenvalue weighted by atomic mass is 16.3. The van der Waals surface area contributed by atoms with Crippen molar-refractivity contribution in [3.8, 4) is 6.07 Å². The van der Waals surface area contributed by atoms with Gasteiger partial charge in [0.05, 0.1) is 12.7 Å². The van der Waals surface area contributed by atoms with E-state index in [1.165, 1.54) is 0 Å². The van der Waals surface area contributed by atoms with Crippen LogP contribution in [0.2, 0.25) is 0 Å². The Morgan fingerprint density at radius 2 is 1.75 bits per heavy atom. The minimum Gasteiger partial charge on any atom is -0.395 e. The fourth-order valence-electron chi connectivity index (χ4n) is 2.97. The van der Waals surface area contributed by atoms with Crippen molar-refractivity contribution in [1.82, 2.24) is 9.80 Å². The van der Waals surface area contributed by atoms with Gasteiger partial charge in [-0.25, -0.2) is 0 Å². The first kappa shape index (κ1) is 16.9. The van der Waals surface area contributed by atoms with Crippen LogP contribution in [0, 0.1) is 16.7 Å². The number of β-amino-alcohol motifs (C(OH)–C–C–N with tert-alkyl or cyclic N) is 1. The molecule has 0 radical (unpaired) electrons. The minimum absolute atomic E-state index is 0.00680. The van der Waals surface area contributed by atoms with E-state index in [0.717, 1.165) is 25.9 Å². The van der Waals surface area contributed by atoms with Crippen LogP contribution in [0.5, 0.6) is 0 Å². The smallest absolute Gasteiger partial charge is 0.243 e. The van der Waals surface area contributed by atoms with Gasteiger partial charge in [-0.15, -0.1) is 0 Å². The number of hydrogen-bond acceptors (Lipinski definition) is 4. The maximum atomic E-state index is 12.7. The molecular weight excluding hydrogens is 254 g/mol. The second kappa shape index (κ2) is 8.23. The van der Waals surface area contributed by atoms with Crippen molar-refractivity contribution in [2.45, 2.75) is 39.5 Å². The molecule has 1 rings (SSSR count). The van der Waals surface area contributed by atoms with Crippen molar-refractivity contribution in [3.63, 3.8) is 0 Å². The molecule has 1 fully saturated rings. The normalized spacial score (nSPS) is 17.0. The predicted octanol–water partition coefficient (Wildman–Crippen LogP) is 1.23. The predicted molar refractivity (Wildman–Crippen MR) is 78.0 cm³/mol. The SMILES string of the molecule is CCCC(C#N)(CCC)C(=O)N1CCN(CCO)CC1. The molecule has 0 bridgehead atoms. The highest BCUT2D eigenvalue weighted by molar-refractivity contribution is 5.85. The number of nitriles is 1. The zero-order valence-corrected chi connectivity index (χ0v) is 12.8. The lowest BCUT2D eigenvalue weighted by atomic mass is 9.79. The monoisotopic (exact) mass is 281 g/mol. The fourth-order valence-corrected chi connectivity index (χ4v) is 2.97. The standard InChI is InChI=1S/C15H27N3O2/c1-3-5-15(13-16,6-4-2)14(20)18-9-7-17(8-10-18)11-12-19/h19H,3-12H2,1-2H3. The largest absolute Gasteiger partial charge is 0.395 e. The summed E-state index contributed by atoms with van der Waals surface area (Å²) in [6, 6.07) is 2.31. The molecular formula is C15H27N3O2. The van der Waals surface area contributed by atoms with Crippen LogP contribution in [0.1, 0.15) is 39.5 Å². The topological polar surface area (TPSA) is 67.6 Å². The summed E-state index contributed by atoms with van der Waals surface area (Å²) in [5.41, 5.74) is -0.831. The summed E-state index contributed by atoms with van der Waals surface area (Å²) in [5, 5.41) is 18.5. The average Bonchev–Trinajstić information content (AvgIpc) is 2.47. The van der Waals surface area contributed by atoms with Crippen LogP contribution in [0.4, 0.5) is 0 Å². The molecule has 5 nitrogen and oxygen atoms in total. The Labute approximate surface area is 122 Å². The Bertz CT molecular complexity index is 338. The van der Waals surface area contributed by atoms with Gasteiger partial charge in [-0.2, -0.15) is 5.26 Å². The molecule has 1 heterocycles. The molecule has 1 saturated heterocycles. The van der Waals surface area contributed by atoms with E-state index in [4.69, 9.17) is 5.11 Å². The van der Waals surface area contributed by atoms with Crippen LogP contribution in [0.25, 0.3) is 0 Å². The molecule has 1 amide bonds. The summed E-state index contributed by atoms with van der Waals surface area (Å²) in [6.07, 6.45) is 2.99. The van der Waals surface area contributed by atoms with Gasteiger partial charge in [0.2, 0.25) is 5.91 Å². The number of nitrogens with zero attached hydrogens (tertiary/aromatic N) is 3.